The van der Waals surface area contributed by atoms with E-state index < -0.39 is 29.6 Å². The second-order valence-electron chi connectivity index (χ2n) is 5.42. The first-order valence-corrected chi connectivity index (χ1v) is 7.61. The molecule has 2 amide bonds. The lowest BCUT2D eigenvalue weighted by Crippen LogP contribution is -2.30. The molecule has 8 heteroatoms. The first-order valence-electron chi connectivity index (χ1n) is 7.61. The molecule has 0 saturated carbocycles. The number of halogens is 2. The third-order valence-electron chi connectivity index (χ3n) is 3.26. The van der Waals surface area contributed by atoms with Gasteiger partial charge in [-0.2, -0.15) is 0 Å². The second kappa shape index (κ2) is 8.19. The Bertz CT molecular complexity index is 855. The maximum atomic E-state index is 13.5. The van der Waals surface area contributed by atoms with Crippen LogP contribution in [0.15, 0.2) is 42.5 Å². The Balaban J connectivity index is 2.03. The number of hydrogen-bond donors (Lipinski definition) is 2. The van der Waals surface area contributed by atoms with Crippen LogP contribution in [0.1, 0.15) is 24.2 Å². The SMILES string of the molecule is CC(=O)Nc1cccc(C(=O)O[C@@H](C)C(=O)Nc2cc(F)ccc2F)c1. The van der Waals surface area contributed by atoms with E-state index in [1.807, 2.05) is 0 Å². The molecule has 1 atom stereocenters. The standard InChI is InChI=1S/C18H16F2N2O4/c1-10(17(24)22-16-9-13(19)6-7-15(16)20)26-18(25)12-4-3-5-14(8-12)21-11(2)23/h3-10H,1-2H3,(H,21,23)(H,22,24)/t10-/m0/s1. The third kappa shape index (κ3) is 5.10. The van der Waals surface area contributed by atoms with Gasteiger partial charge in [0.05, 0.1) is 11.3 Å². The Labute approximate surface area is 148 Å². The third-order valence-corrected chi connectivity index (χ3v) is 3.26. The zero-order chi connectivity index (χ0) is 19.3. The van der Waals surface area contributed by atoms with Gasteiger partial charge < -0.3 is 15.4 Å². The molecule has 0 fully saturated rings. The van der Waals surface area contributed by atoms with E-state index in [-0.39, 0.29) is 17.2 Å². The molecule has 0 heterocycles. The van der Waals surface area contributed by atoms with Crippen LogP contribution in [-0.2, 0) is 14.3 Å². The van der Waals surface area contributed by atoms with Crippen LogP contribution in [0.2, 0.25) is 0 Å². The van der Waals surface area contributed by atoms with Gasteiger partial charge in [-0.05, 0) is 37.3 Å². The minimum Gasteiger partial charge on any atom is -0.449 e. The molecular formula is C18H16F2N2O4. The van der Waals surface area contributed by atoms with Crippen molar-refractivity contribution in [3.8, 4) is 0 Å². The molecule has 0 spiro atoms. The monoisotopic (exact) mass is 362 g/mol. The fraction of sp³-hybridized carbons (Fsp3) is 0.167. The van der Waals surface area contributed by atoms with Gasteiger partial charge >= 0.3 is 5.97 Å². The molecule has 0 aromatic heterocycles. The van der Waals surface area contributed by atoms with E-state index >= 15 is 0 Å². The van der Waals surface area contributed by atoms with Gasteiger partial charge in [0.15, 0.2) is 6.10 Å². The van der Waals surface area contributed by atoms with Crippen molar-refractivity contribution < 1.29 is 27.9 Å². The second-order valence-corrected chi connectivity index (χ2v) is 5.42. The summed E-state index contributed by atoms with van der Waals surface area (Å²) in [5.41, 5.74) is 0.157. The molecule has 0 radical (unpaired) electrons. The smallest absolute Gasteiger partial charge is 0.338 e. The quantitative estimate of drug-likeness (QED) is 0.801. The predicted octanol–water partition coefficient (Wildman–Crippen LogP) is 3.11. The van der Waals surface area contributed by atoms with E-state index in [0.29, 0.717) is 5.69 Å². The molecule has 26 heavy (non-hydrogen) atoms. The fourth-order valence-electron chi connectivity index (χ4n) is 2.04. The summed E-state index contributed by atoms with van der Waals surface area (Å²) in [4.78, 5) is 35.2. The number of carbonyl (C=O) groups is 3. The van der Waals surface area contributed by atoms with Gasteiger partial charge in [-0.15, -0.1) is 0 Å². The molecule has 6 nitrogen and oxygen atoms in total. The van der Waals surface area contributed by atoms with Crippen LogP contribution in [0, 0.1) is 11.6 Å². The maximum absolute atomic E-state index is 13.5. The van der Waals surface area contributed by atoms with Gasteiger partial charge in [-0.1, -0.05) is 6.07 Å². The van der Waals surface area contributed by atoms with E-state index in [1.54, 1.807) is 6.07 Å². The number of rotatable bonds is 5. The van der Waals surface area contributed by atoms with Crippen LogP contribution < -0.4 is 10.6 Å². The van der Waals surface area contributed by atoms with E-state index in [9.17, 15) is 23.2 Å². The minimum absolute atomic E-state index is 0.118. The summed E-state index contributed by atoms with van der Waals surface area (Å²) in [6.45, 7) is 2.62. The van der Waals surface area contributed by atoms with Gasteiger partial charge in [-0.25, -0.2) is 13.6 Å². The number of benzene rings is 2. The van der Waals surface area contributed by atoms with E-state index in [1.165, 1.54) is 32.0 Å². The summed E-state index contributed by atoms with van der Waals surface area (Å²) in [6.07, 6.45) is -1.26. The van der Waals surface area contributed by atoms with Gasteiger partial charge in [0.1, 0.15) is 11.6 Å². The van der Waals surface area contributed by atoms with E-state index in [4.69, 9.17) is 4.74 Å². The number of carbonyl (C=O) groups excluding carboxylic acids is 3. The maximum Gasteiger partial charge on any atom is 0.338 e. The number of ether oxygens (including phenoxy) is 1. The molecular weight excluding hydrogens is 346 g/mol. The van der Waals surface area contributed by atoms with Gasteiger partial charge in [-0.3, -0.25) is 9.59 Å². The number of esters is 1. The van der Waals surface area contributed by atoms with Crippen molar-refractivity contribution in [1.82, 2.24) is 0 Å². The van der Waals surface area contributed by atoms with E-state index in [2.05, 4.69) is 10.6 Å². The number of anilines is 2. The number of amides is 2. The molecule has 0 aliphatic carbocycles. The topological polar surface area (TPSA) is 84.5 Å². The Morgan fingerprint density at radius 3 is 2.46 bits per heavy atom. The van der Waals surface area contributed by atoms with E-state index in [0.717, 1.165) is 18.2 Å². The largest absolute Gasteiger partial charge is 0.449 e. The van der Waals surface area contributed by atoms with Crippen molar-refractivity contribution in [3.63, 3.8) is 0 Å². The molecule has 2 rings (SSSR count). The molecule has 2 aromatic rings. The van der Waals surface area contributed by atoms with Crippen LogP contribution in [0.3, 0.4) is 0 Å². The zero-order valence-corrected chi connectivity index (χ0v) is 14.0. The molecule has 2 N–H and O–H groups in total. The predicted molar refractivity (Wildman–Crippen MR) is 90.6 cm³/mol. The highest BCUT2D eigenvalue weighted by molar-refractivity contribution is 5.98. The Hall–Kier alpha value is -3.29. The summed E-state index contributed by atoms with van der Waals surface area (Å²) < 4.78 is 31.7. The van der Waals surface area contributed by atoms with Crippen molar-refractivity contribution in [2.45, 2.75) is 20.0 Å². The Morgan fingerprint density at radius 2 is 1.77 bits per heavy atom. The molecule has 136 valence electrons. The normalized spacial score (nSPS) is 11.4. The number of nitrogens with one attached hydrogen (secondary N) is 2. The average Bonchev–Trinajstić information content (AvgIpc) is 2.57. The van der Waals surface area contributed by atoms with Gasteiger partial charge in [0, 0.05) is 18.7 Å². The molecule has 2 aromatic carbocycles. The van der Waals surface area contributed by atoms with Gasteiger partial charge in [0.2, 0.25) is 5.91 Å². The average molecular weight is 362 g/mol. The number of hydrogen-bond acceptors (Lipinski definition) is 4. The van der Waals surface area contributed by atoms with Crippen molar-refractivity contribution >= 4 is 29.2 Å². The summed E-state index contributed by atoms with van der Waals surface area (Å²) in [7, 11) is 0. The van der Waals surface area contributed by atoms with Crippen LogP contribution in [0.25, 0.3) is 0 Å². The summed E-state index contributed by atoms with van der Waals surface area (Å²) in [6, 6.07) is 8.56. The van der Waals surface area contributed by atoms with Crippen LogP contribution >= 0.6 is 0 Å². The van der Waals surface area contributed by atoms with Crippen LogP contribution in [0.5, 0.6) is 0 Å². The van der Waals surface area contributed by atoms with Crippen molar-refractivity contribution in [3.05, 3.63) is 59.7 Å². The molecule has 0 aliphatic heterocycles. The van der Waals surface area contributed by atoms with Crippen molar-refractivity contribution in [2.75, 3.05) is 10.6 Å². The van der Waals surface area contributed by atoms with Crippen LogP contribution in [-0.4, -0.2) is 23.9 Å². The first-order chi connectivity index (χ1) is 12.3. The van der Waals surface area contributed by atoms with Crippen molar-refractivity contribution in [1.29, 1.82) is 0 Å². The highest BCUT2D eigenvalue weighted by Gasteiger charge is 2.20. The van der Waals surface area contributed by atoms with Crippen LogP contribution in [0.4, 0.5) is 20.2 Å². The van der Waals surface area contributed by atoms with Gasteiger partial charge in [0.25, 0.3) is 5.91 Å². The highest BCUT2D eigenvalue weighted by Crippen LogP contribution is 2.17. The molecule has 0 aliphatic rings. The lowest BCUT2D eigenvalue weighted by Gasteiger charge is -2.14. The Kier molecular flexibility index (Phi) is 6.00. The summed E-state index contributed by atoms with van der Waals surface area (Å²) in [5.74, 6) is -3.47. The lowest BCUT2D eigenvalue weighted by molar-refractivity contribution is -0.123. The molecule has 0 bridgehead atoms. The summed E-state index contributed by atoms with van der Waals surface area (Å²) in [5, 5.41) is 4.67. The minimum atomic E-state index is -1.26. The van der Waals surface area contributed by atoms with Crippen molar-refractivity contribution in [2.24, 2.45) is 0 Å². The lowest BCUT2D eigenvalue weighted by atomic mass is 10.2. The zero-order valence-electron chi connectivity index (χ0n) is 14.0. The fourth-order valence-corrected chi connectivity index (χ4v) is 2.04. The molecule has 0 saturated heterocycles. The highest BCUT2D eigenvalue weighted by atomic mass is 19.1. The molecule has 0 unspecified atom stereocenters. The Morgan fingerprint density at radius 1 is 1.04 bits per heavy atom. The first kappa shape index (κ1) is 19.0. The summed E-state index contributed by atoms with van der Waals surface area (Å²) >= 11 is 0.